The van der Waals surface area contributed by atoms with Crippen molar-refractivity contribution < 1.29 is 58.1 Å². The second-order valence-corrected chi connectivity index (χ2v) is 30.3. The highest BCUT2D eigenvalue weighted by Gasteiger charge is 2.41. The molecule has 2 fully saturated rings. The second-order valence-electron chi connectivity index (χ2n) is 22.8. The van der Waals surface area contributed by atoms with Gasteiger partial charge < -0.3 is 30.2 Å². The van der Waals surface area contributed by atoms with Crippen molar-refractivity contribution in [3.8, 4) is 12.1 Å². The van der Waals surface area contributed by atoms with Crippen LogP contribution in [0.5, 0.6) is 0 Å². The first kappa shape index (κ1) is 72.2. The number of anilines is 8. The molecule has 0 spiro atoms. The van der Waals surface area contributed by atoms with Crippen molar-refractivity contribution in [3.05, 3.63) is 116 Å². The molecule has 4 aliphatic rings. The van der Waals surface area contributed by atoms with Gasteiger partial charge in [-0.2, -0.15) is 60.7 Å². The molecule has 7 aromatic rings. The third-order valence-electron chi connectivity index (χ3n) is 16.5. The fraction of sp³-hybridized carbons (Fsp3) is 0.317. The summed E-state index contributed by atoms with van der Waals surface area (Å²) in [5, 5.41) is 46.3. The van der Waals surface area contributed by atoms with Gasteiger partial charge in [0.05, 0.1) is 58.9 Å². The van der Waals surface area contributed by atoms with Crippen molar-refractivity contribution in [2.24, 2.45) is 20.5 Å². The quantitative estimate of drug-likeness (QED) is 0.0110. The topological polar surface area (TPSA) is 436 Å². The lowest BCUT2D eigenvalue weighted by Crippen LogP contribution is -2.30. The van der Waals surface area contributed by atoms with Gasteiger partial charge in [0.2, 0.25) is 22.2 Å². The maximum Gasteiger partial charge on any atom is 0.294 e. The Bertz CT molecular complexity index is 4760. The summed E-state index contributed by atoms with van der Waals surface area (Å²) in [7, 11) is -13.9. The van der Waals surface area contributed by atoms with Crippen LogP contribution in [0.2, 0.25) is 0 Å². The van der Waals surface area contributed by atoms with Crippen LogP contribution in [0.25, 0.3) is 12.2 Å². The summed E-state index contributed by atoms with van der Waals surface area (Å²) >= 11 is 2.94. The van der Waals surface area contributed by atoms with E-state index in [2.05, 4.69) is 50.9 Å². The zero-order valence-corrected chi connectivity index (χ0v) is 59.3. The average molecular weight is 1490 g/mol. The van der Waals surface area contributed by atoms with Gasteiger partial charge in [0, 0.05) is 69.5 Å². The minimum Gasteiger partial charge on any atom is -0.372 e. The molecule has 0 bridgehead atoms. The Morgan fingerprint density at radius 1 is 0.545 bits per heavy atom. The van der Waals surface area contributed by atoms with Crippen molar-refractivity contribution in [1.82, 2.24) is 34.7 Å². The van der Waals surface area contributed by atoms with Crippen molar-refractivity contribution >= 4 is 168 Å². The number of allylic oxidation sites excluding steroid dienone is 2. The molecule has 4 aromatic carbocycles. The summed E-state index contributed by atoms with van der Waals surface area (Å²) in [5.74, 6) is -3.87. The SMILES string of the molecule is CCN(CC)c1ccc(/N=N/c2nc(N3CCCCC3)c(/C=C(\C#N)N3C(=O)c4ccc(S(=O)(=O)O)cc4C3=O)s2)c(Nc2nc(Nc3cc(N(CC)CC)ccc3/N=N/c3nc(N4CCCCC4)c(/C=C(\C#N)N4C(=O)c5ccc(S(=O)(=O)O)cc5C4=O)s3)nc(SCCS(=O)(=O)O)n2)c1. The lowest BCUT2D eigenvalue weighted by Gasteiger charge is -2.27. The molecule has 0 radical (unpaired) electrons. The highest BCUT2D eigenvalue weighted by Crippen LogP contribution is 2.43. The Balaban J connectivity index is 0.946. The van der Waals surface area contributed by atoms with Crippen molar-refractivity contribution in [2.75, 3.05) is 94.1 Å². The van der Waals surface area contributed by atoms with Gasteiger partial charge in [0.1, 0.15) is 46.5 Å². The molecule has 101 heavy (non-hydrogen) atoms. The summed E-state index contributed by atoms with van der Waals surface area (Å²) in [5.41, 5.74) is 0.909. The predicted molar refractivity (Wildman–Crippen MR) is 379 cm³/mol. The number of rotatable bonds is 26. The number of thioether (sulfide) groups is 1. The van der Waals surface area contributed by atoms with E-state index in [9.17, 15) is 68.6 Å². The molecule has 5 N–H and O–H groups in total. The molecule has 7 heterocycles. The first-order chi connectivity index (χ1) is 48.3. The molecule has 0 aliphatic carbocycles. The van der Waals surface area contributed by atoms with Gasteiger partial charge in [-0.25, -0.2) is 9.80 Å². The molecule has 524 valence electrons. The number of benzene rings is 4. The van der Waals surface area contributed by atoms with E-state index in [1.54, 1.807) is 24.3 Å². The van der Waals surface area contributed by atoms with E-state index < -0.39 is 69.5 Å². The number of hydrogen-bond acceptors (Lipinski definition) is 30. The fourth-order valence-electron chi connectivity index (χ4n) is 11.5. The number of thiazole rings is 2. The number of amides is 4. The Hall–Kier alpha value is -10.0. The molecule has 2 saturated heterocycles. The van der Waals surface area contributed by atoms with Crippen LogP contribution < -0.4 is 30.2 Å². The first-order valence-corrected chi connectivity index (χ1v) is 38.7. The molecule has 0 unspecified atom stereocenters. The minimum absolute atomic E-state index is 0.0172. The van der Waals surface area contributed by atoms with Crippen molar-refractivity contribution in [1.29, 1.82) is 10.5 Å². The number of carbonyl (C=O) groups excluding carboxylic acids is 4. The zero-order valence-electron chi connectivity index (χ0n) is 54.4. The predicted octanol–water partition coefficient (Wildman–Crippen LogP) is 11.6. The normalized spacial score (nSPS) is 15.4. The molecule has 4 aliphatic heterocycles. The standard InChI is InChI=1S/C63H63N19O13S6/c1-5-77(6-2)37-15-21-47(73-75-62-68-53(79-23-11-9-12-24-79)51(97-62)31-39(35-64)81-55(83)43-19-17-41(100(90,91)92)33-45(43)57(81)85)49(29-37)66-59-70-60(72-61(71-59)96-27-28-99(87,88)89)67-50-30-38(78(7-3)8-4)16-22-48(50)74-76-63-69-54(80-25-13-10-14-26-80)52(98-63)32-40(36-65)82-56(84)44-20-18-42(101(93,94)95)34-46(44)58(82)86/h15-22,29-34H,5-14,23-28H2,1-4H3,(H,87,88,89)(H,90,91,92)(H,93,94,95)(H2,66,67,70,71,72)/b39-31+,40-32+,75-73+,76-74+. The average Bonchev–Trinajstić information content (AvgIpc) is 1.62. The fourth-order valence-corrected chi connectivity index (χ4v) is 15.9. The smallest absolute Gasteiger partial charge is 0.294 e. The zero-order chi connectivity index (χ0) is 72.1. The van der Waals surface area contributed by atoms with Crippen molar-refractivity contribution in [2.45, 2.75) is 81.2 Å². The van der Waals surface area contributed by atoms with Gasteiger partial charge in [-0.05, 0) is 151 Å². The number of imide groups is 2. The minimum atomic E-state index is -4.75. The number of carbonyl (C=O) groups is 4. The summed E-state index contributed by atoms with van der Waals surface area (Å²) < 4.78 is 101. The third kappa shape index (κ3) is 16.3. The van der Waals surface area contributed by atoms with Crippen LogP contribution in [-0.2, 0) is 30.4 Å². The Kier molecular flexibility index (Phi) is 21.8. The number of piperidine rings is 2. The molecule has 38 heteroatoms. The molecule has 11 rings (SSSR count). The number of azo groups is 2. The van der Waals surface area contributed by atoms with Gasteiger partial charge >= 0.3 is 0 Å². The number of nitriles is 2. The van der Waals surface area contributed by atoms with E-state index in [1.165, 1.54) is 12.2 Å². The van der Waals surface area contributed by atoms with Gasteiger partial charge in [-0.1, -0.05) is 34.4 Å². The maximum atomic E-state index is 13.8. The summed E-state index contributed by atoms with van der Waals surface area (Å²) in [6.45, 7) is 12.7. The third-order valence-corrected chi connectivity index (χ3v) is 21.8. The highest BCUT2D eigenvalue weighted by molar-refractivity contribution is 8.00. The van der Waals surface area contributed by atoms with Crippen LogP contribution in [0.3, 0.4) is 0 Å². The van der Waals surface area contributed by atoms with E-state index in [1.807, 2.05) is 61.8 Å². The monoisotopic (exact) mass is 1490 g/mol. The van der Waals surface area contributed by atoms with E-state index >= 15 is 0 Å². The molecule has 0 saturated carbocycles. The van der Waals surface area contributed by atoms with Crippen LogP contribution in [0.4, 0.5) is 67.9 Å². The Morgan fingerprint density at radius 2 is 0.941 bits per heavy atom. The largest absolute Gasteiger partial charge is 0.372 e. The van der Waals surface area contributed by atoms with Crippen LogP contribution in [-0.4, -0.2) is 161 Å². The number of hydrogen-bond donors (Lipinski definition) is 5. The second kappa shape index (κ2) is 30.4. The number of nitrogens with zero attached hydrogens (tertiary/aromatic N) is 17. The summed E-state index contributed by atoms with van der Waals surface area (Å²) in [6.07, 6.45) is 7.86. The highest BCUT2D eigenvalue weighted by atomic mass is 32.2. The van der Waals surface area contributed by atoms with E-state index in [0.29, 0.717) is 94.9 Å². The first-order valence-electron chi connectivity index (χ1n) is 31.5. The van der Waals surface area contributed by atoms with E-state index in [4.69, 9.17) is 15.0 Å². The molecule has 4 amide bonds. The summed E-state index contributed by atoms with van der Waals surface area (Å²) in [6, 6.07) is 20.5. The van der Waals surface area contributed by atoms with Gasteiger partial charge in [0.15, 0.2) is 5.16 Å². The molecule has 3 aromatic heterocycles. The number of fused-ring (bicyclic) bond motifs is 2. The Labute approximate surface area is 592 Å². The Morgan fingerprint density at radius 3 is 1.31 bits per heavy atom. The molecular weight excluding hydrogens is 1420 g/mol. The molecule has 32 nitrogen and oxygen atoms in total. The lowest BCUT2D eigenvalue weighted by atomic mass is 10.1. The van der Waals surface area contributed by atoms with Gasteiger partial charge in [-0.3, -0.25) is 32.8 Å². The number of nitrogens with one attached hydrogen (secondary N) is 2. The van der Waals surface area contributed by atoms with Crippen LogP contribution in [0, 0.1) is 22.7 Å². The molecular formula is C63H63N19O13S6. The van der Waals surface area contributed by atoms with Crippen LogP contribution in [0.1, 0.15) is 117 Å². The summed E-state index contributed by atoms with van der Waals surface area (Å²) in [4.78, 5) is 87.7. The van der Waals surface area contributed by atoms with Crippen LogP contribution in [0.15, 0.2) is 120 Å². The van der Waals surface area contributed by atoms with Gasteiger partial charge in [-0.15, -0.1) is 20.5 Å². The van der Waals surface area contributed by atoms with Crippen molar-refractivity contribution in [3.63, 3.8) is 0 Å². The maximum absolute atomic E-state index is 13.8. The lowest BCUT2D eigenvalue weighted by molar-refractivity contribution is 0.0696. The van der Waals surface area contributed by atoms with E-state index in [0.717, 1.165) is 121 Å². The van der Waals surface area contributed by atoms with Gasteiger partial charge in [0.25, 0.3) is 54.0 Å². The number of aromatic nitrogens is 5. The molecule has 0 atom stereocenters. The van der Waals surface area contributed by atoms with E-state index in [-0.39, 0.29) is 78.1 Å². The van der Waals surface area contributed by atoms with Crippen LogP contribution >= 0.6 is 34.4 Å².